The van der Waals surface area contributed by atoms with E-state index in [0.29, 0.717) is 13.0 Å². The highest BCUT2D eigenvalue weighted by atomic mass is 32.2. The van der Waals surface area contributed by atoms with Crippen molar-refractivity contribution in [2.75, 3.05) is 12.4 Å². The number of nitriles is 1. The summed E-state index contributed by atoms with van der Waals surface area (Å²) in [4.78, 5) is 20.3. The number of hydrogen-bond donors (Lipinski definition) is 0. The van der Waals surface area contributed by atoms with Gasteiger partial charge in [-0.05, 0) is 44.1 Å². The van der Waals surface area contributed by atoms with Crippen LogP contribution in [0.1, 0.15) is 42.5 Å². The number of hydrogen-bond acceptors (Lipinski definition) is 6. The Morgan fingerprint density at radius 1 is 1.40 bits per heavy atom. The van der Waals surface area contributed by atoms with E-state index in [0.717, 1.165) is 66.3 Å². The van der Waals surface area contributed by atoms with Crippen LogP contribution in [0.2, 0.25) is 0 Å². The van der Waals surface area contributed by atoms with Gasteiger partial charge in [-0.2, -0.15) is 5.26 Å². The van der Waals surface area contributed by atoms with E-state index < -0.39 is 0 Å². The largest absolute Gasteiger partial charge is 0.376 e. The summed E-state index contributed by atoms with van der Waals surface area (Å²) in [5, 5.41) is 10.3. The second kappa shape index (κ2) is 7.48. The SMILES string of the molecule is N#CCCCSc1nc2sc3c(c2c(=O)n1C[C@@H]1CCCO1)CCC3. The first-order valence-corrected chi connectivity index (χ1v) is 10.7. The Bertz CT molecular complexity index is 875. The molecule has 2 aromatic rings. The summed E-state index contributed by atoms with van der Waals surface area (Å²) in [7, 11) is 0. The lowest BCUT2D eigenvalue weighted by Crippen LogP contribution is -2.29. The summed E-state index contributed by atoms with van der Waals surface area (Å²) >= 11 is 3.28. The second-order valence-corrected chi connectivity index (χ2v) is 8.74. The van der Waals surface area contributed by atoms with Crippen molar-refractivity contribution in [1.82, 2.24) is 9.55 Å². The lowest BCUT2D eigenvalue weighted by Gasteiger charge is -2.15. The van der Waals surface area contributed by atoms with Crippen LogP contribution in [0.15, 0.2) is 9.95 Å². The zero-order chi connectivity index (χ0) is 17.2. The fourth-order valence-electron chi connectivity index (χ4n) is 3.64. The molecule has 0 aromatic carbocycles. The maximum absolute atomic E-state index is 13.3. The van der Waals surface area contributed by atoms with Crippen LogP contribution in [0, 0.1) is 11.3 Å². The molecule has 4 rings (SSSR count). The number of unbranched alkanes of at least 4 members (excludes halogenated alkanes) is 1. The summed E-state index contributed by atoms with van der Waals surface area (Å²) in [5.74, 6) is 0.808. The lowest BCUT2D eigenvalue weighted by atomic mass is 10.2. The Hall–Kier alpha value is -1.36. The maximum atomic E-state index is 13.3. The molecule has 0 amide bonds. The first-order chi connectivity index (χ1) is 12.3. The van der Waals surface area contributed by atoms with Crippen molar-refractivity contribution in [1.29, 1.82) is 5.26 Å². The van der Waals surface area contributed by atoms with E-state index in [9.17, 15) is 4.79 Å². The molecule has 132 valence electrons. The van der Waals surface area contributed by atoms with Crippen molar-refractivity contribution in [2.24, 2.45) is 0 Å². The summed E-state index contributed by atoms with van der Waals surface area (Å²) in [6.45, 7) is 1.38. The number of fused-ring (bicyclic) bond motifs is 3. The molecule has 2 aromatic heterocycles. The predicted octanol–water partition coefficient (Wildman–Crippen LogP) is 3.52. The van der Waals surface area contributed by atoms with E-state index >= 15 is 0 Å². The summed E-state index contributed by atoms with van der Waals surface area (Å²) in [6.07, 6.45) is 6.76. The van der Waals surface area contributed by atoms with Gasteiger partial charge in [0.1, 0.15) is 4.83 Å². The van der Waals surface area contributed by atoms with E-state index in [1.165, 1.54) is 10.4 Å². The molecule has 7 heteroatoms. The summed E-state index contributed by atoms with van der Waals surface area (Å²) in [6, 6.07) is 2.17. The van der Waals surface area contributed by atoms with Crippen molar-refractivity contribution in [3.05, 3.63) is 20.8 Å². The van der Waals surface area contributed by atoms with Gasteiger partial charge >= 0.3 is 0 Å². The van der Waals surface area contributed by atoms with Crippen molar-refractivity contribution < 1.29 is 4.74 Å². The molecule has 1 fully saturated rings. The average molecular weight is 376 g/mol. The van der Waals surface area contributed by atoms with Crippen molar-refractivity contribution in [2.45, 2.75) is 62.8 Å². The first kappa shape index (κ1) is 17.1. The zero-order valence-electron chi connectivity index (χ0n) is 14.1. The molecular formula is C18H21N3O2S2. The Balaban J connectivity index is 1.72. The van der Waals surface area contributed by atoms with Crippen LogP contribution in [-0.2, 0) is 24.1 Å². The normalized spacial score (nSPS) is 19.4. The van der Waals surface area contributed by atoms with Gasteiger partial charge in [0, 0.05) is 23.7 Å². The number of ether oxygens (including phenoxy) is 1. The molecule has 1 aliphatic heterocycles. The van der Waals surface area contributed by atoms with Crippen molar-refractivity contribution in [3.63, 3.8) is 0 Å². The number of nitrogens with zero attached hydrogens (tertiary/aromatic N) is 3. The van der Waals surface area contributed by atoms with E-state index in [4.69, 9.17) is 15.0 Å². The minimum Gasteiger partial charge on any atom is -0.376 e. The van der Waals surface area contributed by atoms with Crippen LogP contribution in [-0.4, -0.2) is 28.0 Å². The van der Waals surface area contributed by atoms with Crippen LogP contribution < -0.4 is 5.56 Å². The number of thioether (sulfide) groups is 1. The topological polar surface area (TPSA) is 67.9 Å². The van der Waals surface area contributed by atoms with Gasteiger partial charge in [-0.15, -0.1) is 11.3 Å². The second-order valence-electron chi connectivity index (χ2n) is 6.59. The quantitative estimate of drug-likeness (QED) is 0.439. The molecule has 0 unspecified atom stereocenters. The molecule has 0 bridgehead atoms. The van der Waals surface area contributed by atoms with Crippen LogP contribution >= 0.6 is 23.1 Å². The third-order valence-corrected chi connectivity index (χ3v) is 7.11. The molecule has 2 aliphatic rings. The fraction of sp³-hybridized carbons (Fsp3) is 0.611. The summed E-state index contributed by atoms with van der Waals surface area (Å²) < 4.78 is 7.59. The van der Waals surface area contributed by atoms with E-state index in [1.54, 1.807) is 23.1 Å². The highest BCUT2D eigenvalue weighted by molar-refractivity contribution is 7.99. The maximum Gasteiger partial charge on any atom is 0.263 e. The molecule has 1 aliphatic carbocycles. The molecule has 1 atom stereocenters. The zero-order valence-corrected chi connectivity index (χ0v) is 15.8. The number of aromatic nitrogens is 2. The van der Waals surface area contributed by atoms with Gasteiger partial charge in [0.25, 0.3) is 5.56 Å². The van der Waals surface area contributed by atoms with Crippen molar-refractivity contribution in [3.8, 4) is 6.07 Å². The predicted molar refractivity (Wildman–Crippen MR) is 100 cm³/mol. The Labute approximate surface area is 155 Å². The molecule has 0 radical (unpaired) electrons. The van der Waals surface area contributed by atoms with Gasteiger partial charge < -0.3 is 4.74 Å². The Morgan fingerprint density at radius 2 is 2.32 bits per heavy atom. The first-order valence-electron chi connectivity index (χ1n) is 8.94. The van der Waals surface area contributed by atoms with E-state index in [-0.39, 0.29) is 11.7 Å². The van der Waals surface area contributed by atoms with Gasteiger partial charge in [0.2, 0.25) is 0 Å². The van der Waals surface area contributed by atoms with E-state index in [2.05, 4.69) is 6.07 Å². The van der Waals surface area contributed by atoms with Gasteiger partial charge in [0.15, 0.2) is 5.16 Å². The van der Waals surface area contributed by atoms with Gasteiger partial charge in [-0.3, -0.25) is 9.36 Å². The molecular weight excluding hydrogens is 354 g/mol. The highest BCUT2D eigenvalue weighted by Gasteiger charge is 2.25. The highest BCUT2D eigenvalue weighted by Crippen LogP contribution is 2.35. The lowest BCUT2D eigenvalue weighted by molar-refractivity contribution is 0.0937. The van der Waals surface area contributed by atoms with E-state index in [1.807, 2.05) is 4.57 Å². The third kappa shape index (κ3) is 3.35. The van der Waals surface area contributed by atoms with Crippen LogP contribution in [0.4, 0.5) is 0 Å². The molecule has 25 heavy (non-hydrogen) atoms. The number of thiophene rings is 1. The molecule has 0 spiro atoms. The molecule has 5 nitrogen and oxygen atoms in total. The molecule has 1 saturated heterocycles. The Kier molecular flexibility index (Phi) is 5.11. The van der Waals surface area contributed by atoms with Crippen LogP contribution in [0.3, 0.4) is 0 Å². The van der Waals surface area contributed by atoms with Gasteiger partial charge in [-0.25, -0.2) is 4.98 Å². The van der Waals surface area contributed by atoms with Gasteiger partial charge in [-0.1, -0.05) is 11.8 Å². The van der Waals surface area contributed by atoms with Crippen LogP contribution in [0.25, 0.3) is 10.2 Å². The monoisotopic (exact) mass is 375 g/mol. The van der Waals surface area contributed by atoms with Gasteiger partial charge in [0.05, 0.1) is 24.1 Å². The molecule has 3 heterocycles. The fourth-order valence-corrected chi connectivity index (χ4v) is 5.89. The number of rotatable bonds is 6. The standard InChI is InChI=1S/C18H21N3O2S2/c19-8-1-2-10-24-18-20-16-15(13-6-3-7-14(13)25-16)17(22)21(18)11-12-5-4-9-23-12/h12H,1-7,9-11H2/t12-/m0/s1. The minimum absolute atomic E-state index is 0.0997. The molecule has 0 saturated carbocycles. The average Bonchev–Trinajstić information content (AvgIpc) is 3.31. The Morgan fingerprint density at radius 3 is 3.12 bits per heavy atom. The summed E-state index contributed by atoms with van der Waals surface area (Å²) in [5.41, 5.74) is 1.34. The number of aryl methyl sites for hydroxylation is 2. The smallest absolute Gasteiger partial charge is 0.263 e. The van der Waals surface area contributed by atoms with Crippen LogP contribution in [0.5, 0.6) is 0 Å². The minimum atomic E-state index is 0.0997. The van der Waals surface area contributed by atoms with Crippen molar-refractivity contribution >= 4 is 33.3 Å². The molecule has 0 N–H and O–H groups in total. The third-order valence-electron chi connectivity index (χ3n) is 4.86.